The highest BCUT2D eigenvalue weighted by atomic mass is 16.6. The predicted molar refractivity (Wildman–Crippen MR) is 65.6 cm³/mol. The van der Waals surface area contributed by atoms with E-state index in [1.165, 1.54) is 26.0 Å². The van der Waals surface area contributed by atoms with Gasteiger partial charge in [0.15, 0.2) is 5.60 Å². The Morgan fingerprint density at radius 1 is 1.37 bits per heavy atom. The summed E-state index contributed by atoms with van der Waals surface area (Å²) in [5, 5.41) is 19.6. The zero-order valence-electron chi connectivity index (χ0n) is 11.0. The van der Waals surface area contributed by atoms with Crippen molar-refractivity contribution >= 4 is 11.9 Å². The average molecular weight is 268 g/mol. The van der Waals surface area contributed by atoms with E-state index >= 15 is 0 Å². The molecule has 1 rings (SSSR count). The minimum absolute atomic E-state index is 0.0407. The number of carbonyl (C=O) groups excluding carboxylic acids is 2. The van der Waals surface area contributed by atoms with Crippen molar-refractivity contribution in [1.82, 2.24) is 0 Å². The maximum atomic E-state index is 11.7. The summed E-state index contributed by atoms with van der Waals surface area (Å²) in [6, 6.07) is 3.71. The van der Waals surface area contributed by atoms with Crippen molar-refractivity contribution in [3.05, 3.63) is 23.8 Å². The van der Waals surface area contributed by atoms with Gasteiger partial charge in [0.25, 0.3) is 0 Å². The minimum Gasteiger partial charge on any atom is -0.508 e. The Kier molecular flexibility index (Phi) is 4.50. The number of benzene rings is 1. The maximum Gasteiger partial charge on any atom is 0.342 e. The molecule has 0 aliphatic heterocycles. The van der Waals surface area contributed by atoms with Crippen molar-refractivity contribution < 1.29 is 29.3 Å². The first-order valence-electron chi connectivity index (χ1n) is 5.70. The molecule has 1 unspecified atom stereocenters. The van der Waals surface area contributed by atoms with Gasteiger partial charge in [-0.3, -0.25) is 4.79 Å². The van der Waals surface area contributed by atoms with Crippen LogP contribution in [0.15, 0.2) is 18.2 Å². The summed E-state index contributed by atoms with van der Waals surface area (Å²) in [6.07, 6.45) is 0. The van der Waals surface area contributed by atoms with E-state index in [2.05, 4.69) is 0 Å². The van der Waals surface area contributed by atoms with E-state index in [0.717, 1.165) is 6.07 Å². The van der Waals surface area contributed by atoms with Crippen molar-refractivity contribution in [2.45, 2.75) is 26.4 Å². The molecule has 104 valence electrons. The number of aliphatic hydroxyl groups is 1. The minimum atomic E-state index is -1.98. The molecule has 1 aromatic rings. The third-order valence-corrected chi connectivity index (χ3v) is 2.42. The summed E-state index contributed by atoms with van der Waals surface area (Å²) in [5.41, 5.74) is -1.94. The van der Waals surface area contributed by atoms with Gasteiger partial charge in [-0.25, -0.2) is 4.79 Å². The largest absolute Gasteiger partial charge is 0.508 e. The number of ether oxygens (including phenoxy) is 2. The van der Waals surface area contributed by atoms with E-state index in [9.17, 15) is 19.8 Å². The zero-order chi connectivity index (χ0) is 14.6. The number of phenolic OH excluding ortho intramolecular Hbond substituents is 1. The average Bonchev–Trinajstić information content (AvgIpc) is 2.28. The molecule has 0 aliphatic rings. The second-order valence-corrected chi connectivity index (χ2v) is 4.07. The zero-order valence-corrected chi connectivity index (χ0v) is 11.0. The first-order valence-corrected chi connectivity index (χ1v) is 5.70. The summed E-state index contributed by atoms with van der Waals surface area (Å²) in [6.45, 7) is 4.12. The number of aromatic hydroxyl groups is 1. The SMILES string of the molecule is CCOC(=O)C(C)(O)c1ccc(O)cc1OC(C)=O. The molecule has 2 N–H and O–H groups in total. The number of esters is 2. The molecule has 0 saturated carbocycles. The first kappa shape index (κ1) is 15.0. The van der Waals surface area contributed by atoms with Gasteiger partial charge in [0.1, 0.15) is 11.5 Å². The Morgan fingerprint density at radius 3 is 2.53 bits per heavy atom. The molecule has 19 heavy (non-hydrogen) atoms. The van der Waals surface area contributed by atoms with E-state index in [4.69, 9.17) is 9.47 Å². The standard InChI is InChI=1S/C13H16O6/c1-4-18-12(16)13(3,17)10-6-5-9(15)7-11(10)19-8(2)14/h5-7,15,17H,4H2,1-3H3. The van der Waals surface area contributed by atoms with Gasteiger partial charge in [0.2, 0.25) is 0 Å². The van der Waals surface area contributed by atoms with Gasteiger partial charge in [-0.15, -0.1) is 0 Å². The van der Waals surface area contributed by atoms with Crippen molar-refractivity contribution in [3.8, 4) is 11.5 Å². The fourth-order valence-corrected chi connectivity index (χ4v) is 1.53. The molecule has 0 heterocycles. The number of carbonyl (C=O) groups is 2. The van der Waals surface area contributed by atoms with Gasteiger partial charge in [0, 0.05) is 18.6 Å². The topological polar surface area (TPSA) is 93.1 Å². The van der Waals surface area contributed by atoms with Crippen molar-refractivity contribution in [1.29, 1.82) is 0 Å². The molecule has 0 fully saturated rings. The Bertz CT molecular complexity index is 492. The van der Waals surface area contributed by atoms with Crippen LogP contribution in [0.3, 0.4) is 0 Å². The third-order valence-electron chi connectivity index (χ3n) is 2.42. The van der Waals surface area contributed by atoms with Gasteiger partial charge < -0.3 is 19.7 Å². The first-order chi connectivity index (χ1) is 8.78. The third kappa shape index (κ3) is 3.45. The lowest BCUT2D eigenvalue weighted by atomic mass is 9.95. The molecule has 1 atom stereocenters. The molecule has 0 aliphatic carbocycles. The predicted octanol–water partition coefficient (Wildman–Crippen LogP) is 1.09. The van der Waals surface area contributed by atoms with Crippen LogP contribution >= 0.6 is 0 Å². The van der Waals surface area contributed by atoms with Crippen LogP contribution in [-0.2, 0) is 19.9 Å². The molecule has 6 nitrogen and oxygen atoms in total. The van der Waals surface area contributed by atoms with Crippen LogP contribution in [0.5, 0.6) is 11.5 Å². The molecule has 0 aromatic heterocycles. The van der Waals surface area contributed by atoms with Gasteiger partial charge in [-0.2, -0.15) is 0 Å². The van der Waals surface area contributed by atoms with Crippen LogP contribution in [0, 0.1) is 0 Å². The normalized spacial score (nSPS) is 13.5. The molecule has 0 bridgehead atoms. The maximum absolute atomic E-state index is 11.7. The highest BCUT2D eigenvalue weighted by Gasteiger charge is 2.37. The smallest absolute Gasteiger partial charge is 0.342 e. The van der Waals surface area contributed by atoms with E-state index in [1.807, 2.05) is 0 Å². The Balaban J connectivity index is 3.24. The van der Waals surface area contributed by atoms with Crippen molar-refractivity contribution in [2.75, 3.05) is 6.61 Å². The fraction of sp³-hybridized carbons (Fsp3) is 0.385. The number of phenols is 1. The van der Waals surface area contributed by atoms with Crippen molar-refractivity contribution in [3.63, 3.8) is 0 Å². The molecule has 6 heteroatoms. The highest BCUT2D eigenvalue weighted by Crippen LogP contribution is 2.33. The summed E-state index contributed by atoms with van der Waals surface area (Å²) in [4.78, 5) is 22.7. The van der Waals surface area contributed by atoms with E-state index in [0.29, 0.717) is 0 Å². The van der Waals surface area contributed by atoms with Crippen LogP contribution < -0.4 is 4.74 Å². The van der Waals surface area contributed by atoms with Gasteiger partial charge in [-0.05, 0) is 26.0 Å². The van der Waals surface area contributed by atoms with Crippen LogP contribution in [0.25, 0.3) is 0 Å². The van der Waals surface area contributed by atoms with Crippen LogP contribution in [-0.4, -0.2) is 28.8 Å². The molecule has 0 amide bonds. The highest BCUT2D eigenvalue weighted by molar-refractivity contribution is 5.82. The molecular weight excluding hydrogens is 252 g/mol. The summed E-state index contributed by atoms with van der Waals surface area (Å²) in [5.74, 6) is -1.74. The summed E-state index contributed by atoms with van der Waals surface area (Å²) >= 11 is 0. The quantitative estimate of drug-likeness (QED) is 0.627. The van der Waals surface area contributed by atoms with Crippen LogP contribution in [0.4, 0.5) is 0 Å². The molecular formula is C13H16O6. The summed E-state index contributed by atoms with van der Waals surface area (Å²) < 4.78 is 9.63. The van der Waals surface area contributed by atoms with Gasteiger partial charge in [0.05, 0.1) is 6.61 Å². The van der Waals surface area contributed by atoms with Gasteiger partial charge in [-0.1, -0.05) is 0 Å². The lowest BCUT2D eigenvalue weighted by molar-refractivity contribution is -0.164. The second-order valence-electron chi connectivity index (χ2n) is 4.07. The lowest BCUT2D eigenvalue weighted by Crippen LogP contribution is -2.34. The lowest BCUT2D eigenvalue weighted by Gasteiger charge is -2.23. The number of hydrogen-bond acceptors (Lipinski definition) is 6. The van der Waals surface area contributed by atoms with Crippen LogP contribution in [0.2, 0.25) is 0 Å². The molecule has 0 saturated heterocycles. The number of hydrogen-bond donors (Lipinski definition) is 2. The monoisotopic (exact) mass is 268 g/mol. The van der Waals surface area contributed by atoms with Crippen LogP contribution in [0.1, 0.15) is 26.3 Å². The Hall–Kier alpha value is -2.08. The molecule has 1 aromatic carbocycles. The Morgan fingerprint density at radius 2 is 2.00 bits per heavy atom. The van der Waals surface area contributed by atoms with Gasteiger partial charge >= 0.3 is 11.9 Å². The number of rotatable bonds is 4. The molecule has 0 radical (unpaired) electrons. The van der Waals surface area contributed by atoms with E-state index in [-0.39, 0.29) is 23.7 Å². The van der Waals surface area contributed by atoms with E-state index in [1.54, 1.807) is 6.92 Å². The molecule has 0 spiro atoms. The summed E-state index contributed by atoms with van der Waals surface area (Å²) in [7, 11) is 0. The van der Waals surface area contributed by atoms with Crippen molar-refractivity contribution in [2.24, 2.45) is 0 Å². The second kappa shape index (κ2) is 5.71. The van der Waals surface area contributed by atoms with E-state index < -0.39 is 17.5 Å². The Labute approximate surface area is 110 Å². The fourth-order valence-electron chi connectivity index (χ4n) is 1.53.